The molecule has 0 radical (unpaired) electrons. The molecule has 0 saturated heterocycles. The molecule has 0 aliphatic heterocycles. The molecule has 1 rings (SSSR count). The Kier molecular flexibility index (Phi) is 4.21. The first-order valence-electron chi connectivity index (χ1n) is 5.15. The van der Waals surface area contributed by atoms with Crippen molar-refractivity contribution in [1.82, 2.24) is 5.32 Å². The first-order chi connectivity index (χ1) is 7.07. The highest BCUT2D eigenvalue weighted by molar-refractivity contribution is 5.35. The van der Waals surface area contributed by atoms with E-state index in [9.17, 15) is 8.78 Å². The molecular formula is C12H17F2N. The Balaban J connectivity index is 3.05. The molecule has 1 N–H and O–H groups in total. The third-order valence-corrected chi connectivity index (χ3v) is 2.66. The average Bonchev–Trinajstić information content (AvgIpc) is 2.19. The van der Waals surface area contributed by atoms with Crippen molar-refractivity contribution in [3.63, 3.8) is 0 Å². The van der Waals surface area contributed by atoms with E-state index in [-0.39, 0.29) is 0 Å². The molecule has 1 atom stereocenters. The quantitative estimate of drug-likeness (QED) is 0.809. The van der Waals surface area contributed by atoms with Gasteiger partial charge in [-0.05, 0) is 37.1 Å². The second-order valence-electron chi connectivity index (χ2n) is 3.66. The van der Waals surface area contributed by atoms with E-state index in [1.54, 1.807) is 6.07 Å². The molecule has 0 fully saturated rings. The molecule has 1 aromatic rings. The predicted octanol–water partition coefficient (Wildman–Crippen LogP) is 3.22. The zero-order valence-corrected chi connectivity index (χ0v) is 9.35. The first-order valence-corrected chi connectivity index (χ1v) is 5.15. The highest BCUT2D eigenvalue weighted by Crippen LogP contribution is 2.25. The molecule has 0 aliphatic rings. The van der Waals surface area contributed by atoms with Crippen LogP contribution in [-0.4, -0.2) is 13.0 Å². The maximum atomic E-state index is 12.8. The second-order valence-corrected chi connectivity index (χ2v) is 3.66. The maximum absolute atomic E-state index is 12.8. The van der Waals surface area contributed by atoms with Gasteiger partial charge in [-0.15, -0.1) is 0 Å². The van der Waals surface area contributed by atoms with Crippen molar-refractivity contribution in [2.45, 2.75) is 33.2 Å². The fourth-order valence-electron chi connectivity index (χ4n) is 1.67. The number of nitrogens with one attached hydrogen (secondary N) is 1. The van der Waals surface area contributed by atoms with Gasteiger partial charge in [0, 0.05) is 0 Å². The molecule has 0 aromatic heterocycles. The zero-order valence-electron chi connectivity index (χ0n) is 9.35. The van der Waals surface area contributed by atoms with Gasteiger partial charge < -0.3 is 5.32 Å². The molecular weight excluding hydrogens is 196 g/mol. The van der Waals surface area contributed by atoms with Gasteiger partial charge in [0.15, 0.2) is 0 Å². The fourth-order valence-corrected chi connectivity index (χ4v) is 1.67. The van der Waals surface area contributed by atoms with E-state index in [0.717, 1.165) is 11.1 Å². The smallest absolute Gasteiger partial charge is 0.257 e. The van der Waals surface area contributed by atoms with Crippen molar-refractivity contribution < 1.29 is 8.78 Å². The monoisotopic (exact) mass is 213 g/mol. The highest BCUT2D eigenvalue weighted by atomic mass is 19.3. The minimum atomic E-state index is -2.37. The topological polar surface area (TPSA) is 12.0 Å². The number of alkyl halides is 2. The van der Waals surface area contributed by atoms with Gasteiger partial charge in [0.05, 0.1) is 6.04 Å². The van der Waals surface area contributed by atoms with Crippen LogP contribution in [-0.2, 0) is 0 Å². The van der Waals surface area contributed by atoms with Crippen molar-refractivity contribution >= 4 is 0 Å². The van der Waals surface area contributed by atoms with Crippen LogP contribution in [0.25, 0.3) is 0 Å². The van der Waals surface area contributed by atoms with Crippen LogP contribution in [0.2, 0.25) is 0 Å². The molecule has 0 saturated carbocycles. The van der Waals surface area contributed by atoms with Gasteiger partial charge in [-0.3, -0.25) is 0 Å². The highest BCUT2D eigenvalue weighted by Gasteiger charge is 2.22. The Hall–Kier alpha value is -0.960. The lowest BCUT2D eigenvalue weighted by Gasteiger charge is -2.20. The Morgan fingerprint density at radius 1 is 1.27 bits per heavy atom. The summed E-state index contributed by atoms with van der Waals surface area (Å²) in [5.41, 5.74) is 2.70. The summed E-state index contributed by atoms with van der Waals surface area (Å²) in [7, 11) is 0. The molecule has 3 heteroatoms. The van der Waals surface area contributed by atoms with Gasteiger partial charge in [0.1, 0.15) is 0 Å². The van der Waals surface area contributed by atoms with E-state index >= 15 is 0 Å². The van der Waals surface area contributed by atoms with Gasteiger partial charge in [0.25, 0.3) is 6.43 Å². The Bertz CT molecular complexity index is 323. The molecule has 15 heavy (non-hydrogen) atoms. The summed E-state index contributed by atoms with van der Waals surface area (Å²) in [5.74, 6) is 0. The Morgan fingerprint density at radius 2 is 1.93 bits per heavy atom. The van der Waals surface area contributed by atoms with E-state index in [2.05, 4.69) is 5.32 Å². The van der Waals surface area contributed by atoms with Crippen molar-refractivity contribution in [1.29, 1.82) is 0 Å². The van der Waals surface area contributed by atoms with E-state index in [4.69, 9.17) is 0 Å². The minimum Gasteiger partial charge on any atom is -0.305 e. The molecule has 0 heterocycles. The lowest BCUT2D eigenvalue weighted by Crippen LogP contribution is -2.27. The van der Waals surface area contributed by atoms with Crippen LogP contribution >= 0.6 is 0 Å². The van der Waals surface area contributed by atoms with Crippen LogP contribution in [0.5, 0.6) is 0 Å². The van der Waals surface area contributed by atoms with Crippen molar-refractivity contribution in [2.24, 2.45) is 0 Å². The molecule has 84 valence electrons. The molecule has 1 unspecified atom stereocenters. The van der Waals surface area contributed by atoms with Crippen LogP contribution in [0.4, 0.5) is 8.78 Å². The predicted molar refractivity (Wildman–Crippen MR) is 58.3 cm³/mol. The third kappa shape index (κ3) is 2.75. The number of hydrogen-bond donors (Lipinski definition) is 1. The summed E-state index contributed by atoms with van der Waals surface area (Å²) in [6.07, 6.45) is -2.37. The second kappa shape index (κ2) is 5.21. The molecule has 1 nitrogen and oxygen atoms in total. The summed E-state index contributed by atoms with van der Waals surface area (Å²) in [6.45, 7) is 6.20. The summed E-state index contributed by atoms with van der Waals surface area (Å²) >= 11 is 0. The van der Waals surface area contributed by atoms with Crippen LogP contribution in [0.3, 0.4) is 0 Å². The molecule has 0 amide bonds. The van der Waals surface area contributed by atoms with Gasteiger partial charge >= 0.3 is 0 Å². The van der Waals surface area contributed by atoms with Gasteiger partial charge in [-0.25, -0.2) is 8.78 Å². The minimum absolute atomic E-state index is 0.544. The van der Waals surface area contributed by atoms with Gasteiger partial charge in [0.2, 0.25) is 0 Å². The lowest BCUT2D eigenvalue weighted by molar-refractivity contribution is 0.0990. The van der Waals surface area contributed by atoms with Crippen molar-refractivity contribution in [2.75, 3.05) is 6.54 Å². The van der Waals surface area contributed by atoms with Gasteiger partial charge in [-0.1, -0.05) is 25.1 Å². The summed E-state index contributed by atoms with van der Waals surface area (Å²) in [6, 6.07) is 4.68. The van der Waals surface area contributed by atoms with E-state index in [1.165, 1.54) is 0 Å². The van der Waals surface area contributed by atoms with Crippen LogP contribution in [0, 0.1) is 13.8 Å². The van der Waals surface area contributed by atoms with E-state index < -0.39 is 12.5 Å². The summed E-state index contributed by atoms with van der Waals surface area (Å²) in [4.78, 5) is 0. The van der Waals surface area contributed by atoms with Crippen LogP contribution in [0.15, 0.2) is 18.2 Å². The largest absolute Gasteiger partial charge is 0.305 e. The number of benzene rings is 1. The van der Waals surface area contributed by atoms with Crippen molar-refractivity contribution in [3.05, 3.63) is 34.9 Å². The Labute approximate surface area is 89.5 Å². The number of rotatable bonds is 4. The first kappa shape index (κ1) is 12.1. The van der Waals surface area contributed by atoms with Crippen LogP contribution < -0.4 is 5.32 Å². The molecule has 0 aliphatic carbocycles. The zero-order chi connectivity index (χ0) is 11.4. The number of hydrogen-bond acceptors (Lipinski definition) is 1. The number of halogens is 2. The van der Waals surface area contributed by atoms with Crippen molar-refractivity contribution in [3.8, 4) is 0 Å². The standard InChI is InChI=1S/C12H17F2N/c1-4-15-11(12(13)14)10-7-5-6-8(2)9(10)3/h5-7,11-12,15H,4H2,1-3H3. The molecule has 0 bridgehead atoms. The summed E-state index contributed by atoms with van der Waals surface area (Å²) in [5, 5.41) is 2.82. The van der Waals surface area contributed by atoms with Crippen LogP contribution in [0.1, 0.15) is 29.7 Å². The van der Waals surface area contributed by atoms with E-state index in [1.807, 2.05) is 32.9 Å². The summed E-state index contributed by atoms with van der Waals surface area (Å²) < 4.78 is 25.6. The molecule has 0 spiro atoms. The van der Waals surface area contributed by atoms with Gasteiger partial charge in [-0.2, -0.15) is 0 Å². The Morgan fingerprint density at radius 3 is 2.47 bits per heavy atom. The average molecular weight is 213 g/mol. The normalized spacial score (nSPS) is 13.2. The SMILES string of the molecule is CCNC(c1cccc(C)c1C)C(F)F. The third-order valence-electron chi connectivity index (χ3n) is 2.66. The number of aryl methyl sites for hydroxylation is 1. The fraction of sp³-hybridized carbons (Fsp3) is 0.500. The molecule has 1 aromatic carbocycles. The lowest BCUT2D eigenvalue weighted by atomic mass is 9.97. The van der Waals surface area contributed by atoms with E-state index in [0.29, 0.717) is 12.1 Å². The maximum Gasteiger partial charge on any atom is 0.257 e.